The van der Waals surface area contributed by atoms with Crippen molar-refractivity contribution in [3.05, 3.63) is 42.5 Å². The number of aromatic nitrogens is 4. The van der Waals surface area contributed by atoms with Crippen LogP contribution in [0.1, 0.15) is 52.8 Å². The Kier molecular flexibility index (Phi) is 9.24. The largest absolute Gasteiger partial charge is 0.387 e. The van der Waals surface area contributed by atoms with Crippen LogP contribution in [0.3, 0.4) is 0 Å². The van der Waals surface area contributed by atoms with E-state index in [-0.39, 0.29) is 17.3 Å². The zero-order valence-corrected chi connectivity index (χ0v) is 23.9. The fourth-order valence-corrected chi connectivity index (χ4v) is 4.93. The summed E-state index contributed by atoms with van der Waals surface area (Å²) >= 11 is 0. The van der Waals surface area contributed by atoms with Crippen molar-refractivity contribution in [2.45, 2.75) is 71.0 Å². The van der Waals surface area contributed by atoms with E-state index in [9.17, 15) is 15.0 Å². The van der Waals surface area contributed by atoms with Crippen LogP contribution in [0.15, 0.2) is 36.9 Å². The second kappa shape index (κ2) is 12.5. The van der Waals surface area contributed by atoms with Crippen LogP contribution in [-0.2, 0) is 10.2 Å². The summed E-state index contributed by atoms with van der Waals surface area (Å²) in [5.74, 6) is 0.612. The maximum absolute atomic E-state index is 12.4. The molecule has 3 aromatic rings. The number of nitrogens with zero attached hydrogens (tertiary/aromatic N) is 5. The number of nitrogens with one attached hydrogen (secondary N) is 2. The highest BCUT2D eigenvalue weighted by Crippen LogP contribution is 2.32. The van der Waals surface area contributed by atoms with Gasteiger partial charge in [-0.1, -0.05) is 46.8 Å². The molecule has 2 aromatic heterocycles. The number of aliphatic hydroxyl groups excluding tert-OH is 2. The van der Waals surface area contributed by atoms with Gasteiger partial charge in [0.15, 0.2) is 17.7 Å². The molecule has 12 heteroatoms. The van der Waals surface area contributed by atoms with E-state index in [4.69, 9.17) is 10.5 Å². The number of carbonyl (C=O) groups is 1. The lowest BCUT2D eigenvalue weighted by molar-refractivity contribution is -0.0449. The molecule has 0 spiro atoms. The number of benzene rings is 1. The van der Waals surface area contributed by atoms with Crippen LogP contribution in [0.5, 0.6) is 0 Å². The van der Waals surface area contributed by atoms with Crippen molar-refractivity contribution in [2.75, 3.05) is 37.2 Å². The van der Waals surface area contributed by atoms with Crippen LogP contribution in [-0.4, -0.2) is 85.2 Å². The Hall–Kier alpha value is -3.32. The molecular weight excluding hydrogens is 512 g/mol. The van der Waals surface area contributed by atoms with Gasteiger partial charge in [0.25, 0.3) is 0 Å². The Labute approximate surface area is 235 Å². The lowest BCUT2D eigenvalue weighted by Crippen LogP contribution is -2.42. The van der Waals surface area contributed by atoms with Gasteiger partial charge in [0, 0.05) is 25.3 Å². The first-order chi connectivity index (χ1) is 18.9. The topological polar surface area (TPSA) is 164 Å². The van der Waals surface area contributed by atoms with Crippen molar-refractivity contribution < 1.29 is 19.7 Å². The molecule has 0 bridgehead atoms. The molecular formula is C28H42N8O4. The fourth-order valence-electron chi connectivity index (χ4n) is 4.93. The molecule has 4 atom stereocenters. The van der Waals surface area contributed by atoms with Crippen LogP contribution in [0.2, 0.25) is 0 Å². The number of amides is 2. The average Bonchev–Trinajstić information content (AvgIpc) is 3.43. The van der Waals surface area contributed by atoms with Gasteiger partial charge in [-0.2, -0.15) is 0 Å². The molecule has 0 radical (unpaired) electrons. The van der Waals surface area contributed by atoms with E-state index in [1.807, 2.05) is 24.3 Å². The first-order valence-electron chi connectivity index (χ1n) is 13.8. The van der Waals surface area contributed by atoms with Gasteiger partial charge in [-0.15, -0.1) is 0 Å². The van der Waals surface area contributed by atoms with Crippen LogP contribution in [0, 0.1) is 5.92 Å². The zero-order chi connectivity index (χ0) is 29.0. The normalized spacial score (nSPS) is 21.4. The van der Waals surface area contributed by atoms with Gasteiger partial charge in [0.1, 0.15) is 30.2 Å². The lowest BCUT2D eigenvalue weighted by atomic mass is 9.87. The second-order valence-corrected chi connectivity index (χ2v) is 11.8. The van der Waals surface area contributed by atoms with Crippen molar-refractivity contribution in [1.29, 1.82) is 0 Å². The van der Waals surface area contributed by atoms with Gasteiger partial charge in [0.2, 0.25) is 0 Å². The Morgan fingerprint density at radius 2 is 1.88 bits per heavy atom. The molecule has 1 aromatic carbocycles. The second-order valence-electron chi connectivity index (χ2n) is 11.8. The van der Waals surface area contributed by atoms with E-state index in [2.05, 4.69) is 65.1 Å². The van der Waals surface area contributed by atoms with Gasteiger partial charge in [-0.3, -0.25) is 4.57 Å². The molecule has 12 nitrogen and oxygen atoms in total. The molecule has 2 amide bonds. The number of carbonyl (C=O) groups excluding carboxylic acids is 1. The molecule has 0 saturated carbocycles. The number of ether oxygens (including phenoxy) is 1. The molecule has 40 heavy (non-hydrogen) atoms. The summed E-state index contributed by atoms with van der Waals surface area (Å²) in [4.78, 5) is 27.0. The number of imidazole rings is 1. The standard InChI is InChI=1S/C28H42N8O4/c1-17(2)13-35(12-6-11-30-27(39)34-19-9-7-18(8-10-19)28(3,4)5)14-20-22(37)23(38)26(40-20)36-16-33-21-24(29)31-15-32-25(21)36/h7-10,15-17,20,22-23,26,37-38H,6,11-14H2,1-5H3,(H2,29,31,32)(H2,30,34,39)/t20-,22-,23-,26-/m1/s1. The molecule has 1 saturated heterocycles. The number of aliphatic hydroxyl groups is 2. The Morgan fingerprint density at radius 3 is 2.55 bits per heavy atom. The van der Waals surface area contributed by atoms with Crippen molar-refractivity contribution in [2.24, 2.45) is 5.92 Å². The summed E-state index contributed by atoms with van der Waals surface area (Å²) in [5.41, 5.74) is 8.73. The molecule has 0 aliphatic carbocycles. The predicted molar refractivity (Wildman–Crippen MR) is 154 cm³/mol. The van der Waals surface area contributed by atoms with Crippen LogP contribution in [0.25, 0.3) is 11.2 Å². The number of anilines is 2. The molecule has 1 aliphatic heterocycles. The Balaban J connectivity index is 1.29. The SMILES string of the molecule is CC(C)CN(CCCNC(=O)Nc1ccc(C(C)(C)C)cc1)C[C@H]1O[C@@H](n2cnc3c(N)ncnc32)[C@H](O)[C@@H]1O. The smallest absolute Gasteiger partial charge is 0.319 e. The van der Waals surface area contributed by atoms with Crippen molar-refractivity contribution in [3.63, 3.8) is 0 Å². The van der Waals surface area contributed by atoms with Crippen molar-refractivity contribution >= 4 is 28.7 Å². The zero-order valence-electron chi connectivity index (χ0n) is 23.9. The third kappa shape index (κ3) is 7.05. The molecule has 1 aliphatic rings. The number of nitrogens with two attached hydrogens (primary N) is 1. The molecule has 218 valence electrons. The maximum Gasteiger partial charge on any atom is 0.319 e. The van der Waals surface area contributed by atoms with Gasteiger partial charge in [-0.25, -0.2) is 19.7 Å². The molecule has 3 heterocycles. The van der Waals surface area contributed by atoms with E-state index in [1.165, 1.54) is 18.2 Å². The summed E-state index contributed by atoms with van der Waals surface area (Å²) < 4.78 is 7.71. The first kappa shape index (κ1) is 29.7. The first-order valence-corrected chi connectivity index (χ1v) is 13.8. The quantitative estimate of drug-likeness (QED) is 0.237. The van der Waals surface area contributed by atoms with E-state index in [1.54, 1.807) is 4.57 Å². The third-order valence-corrected chi connectivity index (χ3v) is 7.01. The summed E-state index contributed by atoms with van der Waals surface area (Å²) in [7, 11) is 0. The summed E-state index contributed by atoms with van der Waals surface area (Å²) in [6, 6.07) is 7.62. The highest BCUT2D eigenvalue weighted by molar-refractivity contribution is 5.89. The fraction of sp³-hybridized carbons (Fsp3) is 0.571. The lowest BCUT2D eigenvalue weighted by Gasteiger charge is -2.28. The Bertz CT molecular complexity index is 1270. The van der Waals surface area contributed by atoms with E-state index in [0.29, 0.717) is 43.1 Å². The minimum atomic E-state index is -1.16. The van der Waals surface area contributed by atoms with Gasteiger partial charge in [-0.05, 0) is 42.0 Å². The maximum atomic E-state index is 12.4. The van der Waals surface area contributed by atoms with E-state index in [0.717, 1.165) is 12.2 Å². The number of hydrogen-bond acceptors (Lipinski definition) is 9. The number of hydrogen-bond donors (Lipinski definition) is 5. The minimum Gasteiger partial charge on any atom is -0.387 e. The number of nitrogen functional groups attached to an aromatic ring is 1. The molecule has 6 N–H and O–H groups in total. The van der Waals surface area contributed by atoms with Crippen molar-refractivity contribution in [3.8, 4) is 0 Å². The van der Waals surface area contributed by atoms with Crippen LogP contribution in [0.4, 0.5) is 16.3 Å². The van der Waals surface area contributed by atoms with Crippen molar-refractivity contribution in [1.82, 2.24) is 29.7 Å². The number of fused-ring (bicyclic) bond motifs is 1. The van der Waals surface area contributed by atoms with Gasteiger partial charge < -0.3 is 36.2 Å². The third-order valence-electron chi connectivity index (χ3n) is 7.01. The van der Waals surface area contributed by atoms with Gasteiger partial charge >= 0.3 is 6.03 Å². The van der Waals surface area contributed by atoms with Crippen LogP contribution < -0.4 is 16.4 Å². The van der Waals surface area contributed by atoms with Gasteiger partial charge in [0.05, 0.1) is 6.33 Å². The predicted octanol–water partition coefficient (Wildman–Crippen LogP) is 2.50. The number of rotatable bonds is 10. The van der Waals surface area contributed by atoms with E-state index >= 15 is 0 Å². The molecule has 1 fully saturated rings. The highest BCUT2D eigenvalue weighted by atomic mass is 16.6. The number of urea groups is 1. The summed E-state index contributed by atoms with van der Waals surface area (Å²) in [5, 5.41) is 27.4. The molecule has 4 rings (SSSR count). The Morgan fingerprint density at radius 1 is 1.15 bits per heavy atom. The summed E-state index contributed by atoms with van der Waals surface area (Å²) in [6.45, 7) is 13.1. The van der Waals surface area contributed by atoms with E-state index < -0.39 is 24.5 Å². The monoisotopic (exact) mass is 554 g/mol. The summed E-state index contributed by atoms with van der Waals surface area (Å²) in [6.07, 6.45) is -0.217. The molecule has 0 unspecified atom stereocenters. The average molecular weight is 555 g/mol. The minimum absolute atomic E-state index is 0.0541. The van der Waals surface area contributed by atoms with Crippen LogP contribution >= 0.6 is 0 Å². The highest BCUT2D eigenvalue weighted by Gasteiger charge is 2.44.